The molecule has 5 heteroatoms. The topological polar surface area (TPSA) is 52.7 Å². The van der Waals surface area contributed by atoms with Gasteiger partial charge in [-0.1, -0.05) is 20.8 Å². The molecule has 1 aliphatic rings. The Morgan fingerprint density at radius 1 is 1.17 bits per heavy atom. The first-order chi connectivity index (χ1) is 8.45. The van der Waals surface area contributed by atoms with Gasteiger partial charge in [0.05, 0.1) is 6.04 Å². The average molecular weight is 255 g/mol. The first kappa shape index (κ1) is 15.0. The van der Waals surface area contributed by atoms with Crippen molar-refractivity contribution >= 4 is 11.8 Å². The van der Waals surface area contributed by atoms with Gasteiger partial charge >= 0.3 is 6.03 Å². The van der Waals surface area contributed by atoms with Gasteiger partial charge in [0.1, 0.15) is 0 Å². The maximum atomic E-state index is 12.1. The molecule has 1 aliphatic heterocycles. The lowest BCUT2D eigenvalue weighted by Gasteiger charge is -2.34. The van der Waals surface area contributed by atoms with Gasteiger partial charge < -0.3 is 15.1 Å². The third-order valence-electron chi connectivity index (χ3n) is 3.43. The summed E-state index contributed by atoms with van der Waals surface area (Å²) in [5, 5.41) is 2.87. The Balaban J connectivity index is 2.53. The molecule has 1 N–H and O–H groups in total. The Morgan fingerprint density at radius 3 is 2.17 bits per heavy atom. The van der Waals surface area contributed by atoms with Crippen LogP contribution in [0.1, 0.15) is 27.2 Å². The molecule has 1 heterocycles. The van der Waals surface area contributed by atoms with Crippen LogP contribution >= 0.6 is 0 Å². The molecule has 0 aromatic carbocycles. The molecule has 18 heavy (non-hydrogen) atoms. The van der Waals surface area contributed by atoms with Crippen LogP contribution in [0.15, 0.2) is 0 Å². The monoisotopic (exact) mass is 255 g/mol. The third kappa shape index (κ3) is 3.98. The van der Waals surface area contributed by atoms with E-state index in [9.17, 15) is 9.59 Å². The quantitative estimate of drug-likeness (QED) is 0.813. The maximum Gasteiger partial charge on any atom is 0.318 e. The summed E-state index contributed by atoms with van der Waals surface area (Å²) in [6, 6.07) is -0.467. The molecule has 0 radical (unpaired) electrons. The molecule has 5 nitrogen and oxygen atoms in total. The summed E-state index contributed by atoms with van der Waals surface area (Å²) in [4.78, 5) is 27.9. The number of carbonyl (C=O) groups excluding carboxylic acids is 2. The Kier molecular flexibility index (Phi) is 5.59. The van der Waals surface area contributed by atoms with Crippen LogP contribution in [0, 0.1) is 5.92 Å². The van der Waals surface area contributed by atoms with E-state index in [2.05, 4.69) is 10.2 Å². The predicted molar refractivity (Wildman–Crippen MR) is 71.5 cm³/mol. The molecule has 2 amide bonds. The van der Waals surface area contributed by atoms with Crippen LogP contribution in [-0.4, -0.2) is 60.9 Å². The van der Waals surface area contributed by atoms with Gasteiger partial charge in [-0.25, -0.2) is 4.79 Å². The number of urea groups is 1. The number of Topliss-reactive ketones (excluding diaryl/α,β-unsaturated/α-hetero) is 1. The van der Waals surface area contributed by atoms with Crippen LogP contribution in [0.2, 0.25) is 0 Å². The smallest absolute Gasteiger partial charge is 0.318 e. The van der Waals surface area contributed by atoms with Gasteiger partial charge in [0.25, 0.3) is 0 Å². The molecule has 0 bridgehead atoms. The highest BCUT2D eigenvalue weighted by atomic mass is 16.2. The number of nitrogens with zero attached hydrogens (tertiary/aromatic N) is 2. The molecule has 0 aromatic rings. The van der Waals surface area contributed by atoms with Crippen molar-refractivity contribution in [1.82, 2.24) is 15.1 Å². The largest absolute Gasteiger partial charge is 0.328 e. The fourth-order valence-corrected chi connectivity index (χ4v) is 2.07. The van der Waals surface area contributed by atoms with Crippen LogP contribution in [0.5, 0.6) is 0 Å². The number of hydrogen-bond donors (Lipinski definition) is 1. The lowest BCUT2D eigenvalue weighted by molar-refractivity contribution is -0.121. The molecule has 0 unspecified atom stereocenters. The van der Waals surface area contributed by atoms with E-state index in [4.69, 9.17) is 0 Å². The summed E-state index contributed by atoms with van der Waals surface area (Å²) in [7, 11) is 2.05. The second-order valence-electron chi connectivity index (χ2n) is 5.28. The Labute approximate surface area is 110 Å². The van der Waals surface area contributed by atoms with Crippen LogP contribution in [0.3, 0.4) is 0 Å². The molecule has 1 fully saturated rings. The van der Waals surface area contributed by atoms with Crippen molar-refractivity contribution in [2.45, 2.75) is 33.2 Å². The minimum Gasteiger partial charge on any atom is -0.328 e. The highest BCUT2D eigenvalue weighted by Gasteiger charge is 2.26. The molecule has 1 saturated heterocycles. The first-order valence-corrected chi connectivity index (χ1v) is 6.72. The molecule has 1 rings (SSSR count). The van der Waals surface area contributed by atoms with Gasteiger partial charge in [-0.15, -0.1) is 0 Å². The molecule has 104 valence electrons. The van der Waals surface area contributed by atoms with Crippen molar-refractivity contribution in [3.63, 3.8) is 0 Å². The summed E-state index contributed by atoms with van der Waals surface area (Å²) < 4.78 is 0. The summed E-state index contributed by atoms with van der Waals surface area (Å²) in [5.74, 6) is 0.237. The Bertz CT molecular complexity index is 297. The zero-order valence-corrected chi connectivity index (χ0v) is 11.9. The van der Waals surface area contributed by atoms with Crippen molar-refractivity contribution in [3.8, 4) is 0 Å². The molecular formula is C13H25N3O2. The van der Waals surface area contributed by atoms with E-state index in [1.54, 1.807) is 4.90 Å². The van der Waals surface area contributed by atoms with Crippen molar-refractivity contribution in [1.29, 1.82) is 0 Å². The zero-order chi connectivity index (χ0) is 13.7. The number of nitrogens with one attached hydrogen (secondary N) is 1. The number of ketones is 1. The number of piperazine rings is 1. The van der Waals surface area contributed by atoms with Gasteiger partial charge in [-0.3, -0.25) is 4.79 Å². The average Bonchev–Trinajstić information content (AvgIpc) is 2.35. The number of likely N-dealkylation sites (N-methyl/N-ethyl adjacent to an activating group) is 1. The first-order valence-electron chi connectivity index (χ1n) is 6.72. The van der Waals surface area contributed by atoms with E-state index in [0.29, 0.717) is 6.42 Å². The van der Waals surface area contributed by atoms with Crippen molar-refractivity contribution < 1.29 is 9.59 Å². The highest BCUT2D eigenvalue weighted by molar-refractivity contribution is 5.88. The number of amides is 2. The van der Waals surface area contributed by atoms with E-state index >= 15 is 0 Å². The number of rotatable bonds is 4. The lowest BCUT2D eigenvalue weighted by atomic mass is 9.98. The fraction of sp³-hybridized carbons (Fsp3) is 0.846. The van der Waals surface area contributed by atoms with E-state index in [1.165, 1.54) is 0 Å². The van der Waals surface area contributed by atoms with Gasteiger partial charge in [-0.2, -0.15) is 0 Å². The van der Waals surface area contributed by atoms with Gasteiger partial charge in [0.2, 0.25) is 0 Å². The SMILES string of the molecule is CCC(=O)[C@@H](NC(=O)N1CCN(C)CC1)C(C)C. The molecular weight excluding hydrogens is 230 g/mol. The Hall–Kier alpha value is -1.10. The minimum atomic E-state index is -0.359. The third-order valence-corrected chi connectivity index (χ3v) is 3.43. The molecule has 0 spiro atoms. The van der Waals surface area contributed by atoms with E-state index in [1.807, 2.05) is 27.8 Å². The van der Waals surface area contributed by atoms with Crippen molar-refractivity contribution in [2.75, 3.05) is 33.2 Å². The van der Waals surface area contributed by atoms with Gasteiger partial charge in [0.15, 0.2) is 5.78 Å². The normalized spacial score (nSPS) is 18.8. The predicted octanol–water partition coefficient (Wildman–Crippen LogP) is 0.947. The van der Waals surface area contributed by atoms with Crippen molar-refractivity contribution in [3.05, 3.63) is 0 Å². The van der Waals surface area contributed by atoms with Gasteiger partial charge in [-0.05, 0) is 13.0 Å². The van der Waals surface area contributed by atoms with Crippen LogP contribution in [0.25, 0.3) is 0 Å². The van der Waals surface area contributed by atoms with Crippen LogP contribution in [0.4, 0.5) is 4.79 Å². The number of carbonyl (C=O) groups is 2. The van der Waals surface area contributed by atoms with E-state index in [0.717, 1.165) is 26.2 Å². The standard InChI is InChI=1S/C13H25N3O2/c1-5-11(17)12(10(2)3)14-13(18)16-8-6-15(4)7-9-16/h10,12H,5-9H2,1-4H3,(H,14,18)/t12-/m0/s1. The summed E-state index contributed by atoms with van der Waals surface area (Å²) >= 11 is 0. The Morgan fingerprint density at radius 2 is 1.72 bits per heavy atom. The fourth-order valence-electron chi connectivity index (χ4n) is 2.07. The van der Waals surface area contributed by atoms with Crippen LogP contribution < -0.4 is 5.32 Å². The molecule has 0 saturated carbocycles. The van der Waals surface area contributed by atoms with E-state index < -0.39 is 0 Å². The second-order valence-corrected chi connectivity index (χ2v) is 5.28. The van der Waals surface area contributed by atoms with Crippen molar-refractivity contribution in [2.24, 2.45) is 5.92 Å². The lowest BCUT2D eigenvalue weighted by Crippen LogP contribution is -2.54. The molecule has 0 aromatic heterocycles. The molecule has 0 aliphatic carbocycles. The summed E-state index contributed by atoms with van der Waals surface area (Å²) in [5.41, 5.74) is 0. The maximum absolute atomic E-state index is 12.1. The summed E-state index contributed by atoms with van der Waals surface area (Å²) in [6.07, 6.45) is 0.464. The van der Waals surface area contributed by atoms with Crippen LogP contribution in [-0.2, 0) is 4.79 Å². The number of hydrogen-bond acceptors (Lipinski definition) is 3. The zero-order valence-electron chi connectivity index (χ0n) is 11.9. The summed E-state index contributed by atoms with van der Waals surface area (Å²) in [6.45, 7) is 8.99. The second kappa shape index (κ2) is 6.73. The highest BCUT2D eigenvalue weighted by Crippen LogP contribution is 2.07. The minimum absolute atomic E-state index is 0.104. The van der Waals surface area contributed by atoms with Gasteiger partial charge in [0, 0.05) is 32.6 Å². The van der Waals surface area contributed by atoms with E-state index in [-0.39, 0.29) is 23.8 Å². The molecule has 1 atom stereocenters.